The normalized spacial score (nSPS) is 12.1. The number of nitrogens with one attached hydrogen (secondary N) is 2. The monoisotopic (exact) mass is 287 g/mol. The van der Waals surface area contributed by atoms with Crippen LogP contribution >= 0.6 is 0 Å². The van der Waals surface area contributed by atoms with Crippen LogP contribution in [0.2, 0.25) is 0 Å². The van der Waals surface area contributed by atoms with Crippen LogP contribution in [-0.4, -0.2) is 34.3 Å². The van der Waals surface area contributed by atoms with Crippen LogP contribution in [0.15, 0.2) is 30.6 Å². The van der Waals surface area contributed by atoms with Crippen molar-refractivity contribution in [2.75, 3.05) is 13.6 Å². The molecule has 2 rings (SSSR count). The summed E-state index contributed by atoms with van der Waals surface area (Å²) in [5, 5.41) is 13.9. The SMILES string of the molecule is CNCCc1ccccc1C(=O)NC(C)c1nncn1C. The molecule has 0 bridgehead atoms. The van der Waals surface area contributed by atoms with Crippen molar-refractivity contribution in [1.29, 1.82) is 0 Å². The Labute approximate surface area is 124 Å². The van der Waals surface area contributed by atoms with Gasteiger partial charge in [0, 0.05) is 12.6 Å². The third-order valence-electron chi connectivity index (χ3n) is 3.39. The van der Waals surface area contributed by atoms with Gasteiger partial charge in [-0.3, -0.25) is 4.79 Å². The zero-order valence-corrected chi connectivity index (χ0v) is 12.6. The van der Waals surface area contributed by atoms with E-state index in [1.165, 1.54) is 0 Å². The van der Waals surface area contributed by atoms with Gasteiger partial charge < -0.3 is 15.2 Å². The van der Waals surface area contributed by atoms with E-state index in [0.717, 1.165) is 24.4 Å². The van der Waals surface area contributed by atoms with E-state index in [9.17, 15) is 4.79 Å². The molecule has 0 saturated heterocycles. The summed E-state index contributed by atoms with van der Waals surface area (Å²) in [6, 6.07) is 7.48. The summed E-state index contributed by atoms with van der Waals surface area (Å²) in [4.78, 5) is 12.5. The maximum Gasteiger partial charge on any atom is 0.252 e. The van der Waals surface area contributed by atoms with Gasteiger partial charge in [-0.05, 0) is 38.6 Å². The third kappa shape index (κ3) is 3.66. The summed E-state index contributed by atoms with van der Waals surface area (Å²) >= 11 is 0. The molecule has 1 heterocycles. The lowest BCUT2D eigenvalue weighted by atomic mass is 10.0. The number of hydrogen-bond acceptors (Lipinski definition) is 4. The van der Waals surface area contributed by atoms with Crippen LogP contribution in [0.1, 0.15) is 34.7 Å². The molecule has 1 aromatic carbocycles. The van der Waals surface area contributed by atoms with Gasteiger partial charge in [0.15, 0.2) is 5.82 Å². The molecule has 0 saturated carbocycles. The molecular weight excluding hydrogens is 266 g/mol. The summed E-state index contributed by atoms with van der Waals surface area (Å²) < 4.78 is 1.80. The summed E-state index contributed by atoms with van der Waals surface area (Å²) in [5.41, 5.74) is 1.75. The molecule has 0 radical (unpaired) electrons. The molecule has 0 spiro atoms. The molecule has 112 valence electrons. The van der Waals surface area contributed by atoms with Crippen LogP contribution in [-0.2, 0) is 13.5 Å². The topological polar surface area (TPSA) is 71.8 Å². The van der Waals surface area contributed by atoms with E-state index < -0.39 is 0 Å². The molecule has 6 nitrogen and oxygen atoms in total. The molecule has 2 N–H and O–H groups in total. The van der Waals surface area contributed by atoms with Gasteiger partial charge in [-0.2, -0.15) is 0 Å². The molecule has 1 aromatic heterocycles. The van der Waals surface area contributed by atoms with E-state index >= 15 is 0 Å². The molecule has 0 aliphatic rings. The van der Waals surface area contributed by atoms with Crippen molar-refractivity contribution in [3.63, 3.8) is 0 Å². The summed E-state index contributed by atoms with van der Waals surface area (Å²) in [5.74, 6) is 0.647. The second kappa shape index (κ2) is 6.99. The van der Waals surface area contributed by atoms with Gasteiger partial charge in [-0.25, -0.2) is 0 Å². The molecule has 0 aliphatic carbocycles. The Bertz CT molecular complexity index is 608. The Morgan fingerprint density at radius 2 is 2.14 bits per heavy atom. The minimum absolute atomic E-state index is 0.0859. The second-order valence-electron chi connectivity index (χ2n) is 5.01. The number of aromatic nitrogens is 3. The zero-order valence-electron chi connectivity index (χ0n) is 12.6. The fourth-order valence-corrected chi connectivity index (χ4v) is 2.24. The van der Waals surface area contributed by atoms with Crippen molar-refractivity contribution >= 4 is 5.91 Å². The molecule has 2 aromatic rings. The number of benzene rings is 1. The highest BCUT2D eigenvalue weighted by atomic mass is 16.1. The second-order valence-corrected chi connectivity index (χ2v) is 5.01. The summed E-state index contributed by atoms with van der Waals surface area (Å²) in [6.07, 6.45) is 2.44. The predicted molar refractivity (Wildman–Crippen MR) is 81.0 cm³/mol. The molecule has 0 fully saturated rings. The van der Waals surface area contributed by atoms with E-state index in [1.807, 2.05) is 45.3 Å². The Morgan fingerprint density at radius 1 is 1.38 bits per heavy atom. The van der Waals surface area contributed by atoms with Crippen molar-refractivity contribution in [3.8, 4) is 0 Å². The maximum absolute atomic E-state index is 12.5. The van der Waals surface area contributed by atoms with Crippen molar-refractivity contribution in [3.05, 3.63) is 47.5 Å². The number of carbonyl (C=O) groups excluding carboxylic acids is 1. The molecule has 6 heteroatoms. The summed E-state index contributed by atoms with van der Waals surface area (Å²) in [7, 11) is 3.76. The number of hydrogen-bond donors (Lipinski definition) is 2. The van der Waals surface area contributed by atoms with Crippen LogP contribution in [0.4, 0.5) is 0 Å². The van der Waals surface area contributed by atoms with E-state index in [2.05, 4.69) is 20.8 Å². The van der Waals surface area contributed by atoms with Gasteiger partial charge >= 0.3 is 0 Å². The van der Waals surface area contributed by atoms with E-state index in [-0.39, 0.29) is 11.9 Å². The first kappa shape index (κ1) is 15.2. The van der Waals surface area contributed by atoms with Crippen LogP contribution in [0.5, 0.6) is 0 Å². The third-order valence-corrected chi connectivity index (χ3v) is 3.39. The first-order valence-corrected chi connectivity index (χ1v) is 7.00. The molecular formula is C15H21N5O. The minimum Gasteiger partial charge on any atom is -0.342 e. The Balaban J connectivity index is 2.11. The largest absolute Gasteiger partial charge is 0.342 e. The standard InChI is InChI=1S/C15H21N5O/c1-11(14-19-17-10-20(14)3)18-15(21)13-7-5-4-6-12(13)8-9-16-2/h4-7,10-11,16H,8-9H2,1-3H3,(H,18,21). The van der Waals surface area contributed by atoms with Gasteiger partial charge in [-0.1, -0.05) is 18.2 Å². The number of likely N-dealkylation sites (N-methyl/N-ethyl adjacent to an activating group) is 1. The first-order chi connectivity index (χ1) is 10.1. The molecule has 1 unspecified atom stereocenters. The highest BCUT2D eigenvalue weighted by Crippen LogP contribution is 2.13. The van der Waals surface area contributed by atoms with Crippen LogP contribution in [0.3, 0.4) is 0 Å². The lowest BCUT2D eigenvalue weighted by molar-refractivity contribution is 0.0937. The average Bonchev–Trinajstić information content (AvgIpc) is 2.91. The van der Waals surface area contributed by atoms with Gasteiger partial charge in [0.2, 0.25) is 0 Å². The molecule has 0 aliphatic heterocycles. The molecule has 1 atom stereocenters. The number of rotatable bonds is 6. The fraction of sp³-hybridized carbons (Fsp3) is 0.400. The van der Waals surface area contributed by atoms with E-state index in [0.29, 0.717) is 5.56 Å². The Hall–Kier alpha value is -2.21. The van der Waals surface area contributed by atoms with Gasteiger partial charge in [0.25, 0.3) is 5.91 Å². The van der Waals surface area contributed by atoms with E-state index in [4.69, 9.17) is 0 Å². The van der Waals surface area contributed by atoms with Crippen LogP contribution in [0.25, 0.3) is 0 Å². The highest BCUT2D eigenvalue weighted by molar-refractivity contribution is 5.95. The van der Waals surface area contributed by atoms with Crippen molar-refractivity contribution < 1.29 is 4.79 Å². The van der Waals surface area contributed by atoms with Gasteiger partial charge in [-0.15, -0.1) is 10.2 Å². The Morgan fingerprint density at radius 3 is 2.81 bits per heavy atom. The molecule has 1 amide bonds. The predicted octanol–water partition coefficient (Wildman–Crippen LogP) is 1.07. The maximum atomic E-state index is 12.5. The average molecular weight is 287 g/mol. The smallest absolute Gasteiger partial charge is 0.252 e. The highest BCUT2D eigenvalue weighted by Gasteiger charge is 2.17. The van der Waals surface area contributed by atoms with Crippen molar-refractivity contribution in [2.24, 2.45) is 7.05 Å². The number of amides is 1. The zero-order chi connectivity index (χ0) is 15.2. The first-order valence-electron chi connectivity index (χ1n) is 7.00. The minimum atomic E-state index is -0.192. The lowest BCUT2D eigenvalue weighted by Crippen LogP contribution is -2.29. The van der Waals surface area contributed by atoms with Crippen molar-refractivity contribution in [2.45, 2.75) is 19.4 Å². The number of nitrogens with zero attached hydrogens (tertiary/aromatic N) is 3. The Kier molecular flexibility index (Phi) is 5.05. The molecule has 21 heavy (non-hydrogen) atoms. The summed E-state index contributed by atoms with van der Waals surface area (Å²) in [6.45, 7) is 2.74. The fourth-order valence-electron chi connectivity index (χ4n) is 2.24. The van der Waals surface area contributed by atoms with Crippen LogP contribution < -0.4 is 10.6 Å². The quantitative estimate of drug-likeness (QED) is 0.833. The lowest BCUT2D eigenvalue weighted by Gasteiger charge is -2.15. The van der Waals surface area contributed by atoms with Crippen molar-refractivity contribution in [1.82, 2.24) is 25.4 Å². The van der Waals surface area contributed by atoms with Crippen LogP contribution in [0, 0.1) is 0 Å². The van der Waals surface area contributed by atoms with Gasteiger partial charge in [0.1, 0.15) is 6.33 Å². The van der Waals surface area contributed by atoms with Gasteiger partial charge in [0.05, 0.1) is 6.04 Å². The number of aryl methyl sites for hydroxylation is 1. The number of carbonyl (C=O) groups is 1. The van der Waals surface area contributed by atoms with E-state index in [1.54, 1.807) is 10.9 Å².